The molecular weight excluding hydrogens is 530 g/mol. The van der Waals surface area contributed by atoms with E-state index in [1.54, 1.807) is 4.90 Å². The molecule has 3 aliphatic carbocycles. The van der Waals surface area contributed by atoms with Gasteiger partial charge in [-0.05, 0) is 75.5 Å². The monoisotopic (exact) mass is 569 g/mol. The number of amidine groups is 1. The number of rotatable bonds is 6. The van der Waals surface area contributed by atoms with Gasteiger partial charge >= 0.3 is 11.7 Å². The summed E-state index contributed by atoms with van der Waals surface area (Å²) in [7, 11) is 1.51. The minimum absolute atomic E-state index is 0.0332. The zero-order valence-electron chi connectivity index (χ0n) is 23.5. The van der Waals surface area contributed by atoms with Crippen LogP contribution >= 0.6 is 0 Å². The van der Waals surface area contributed by atoms with Crippen LogP contribution in [0.5, 0.6) is 5.88 Å². The number of hydrogen-bond acceptors (Lipinski definition) is 7. The van der Waals surface area contributed by atoms with Gasteiger partial charge in [0.15, 0.2) is 0 Å². The van der Waals surface area contributed by atoms with Crippen LogP contribution in [-0.4, -0.2) is 72.9 Å². The van der Waals surface area contributed by atoms with E-state index in [0.29, 0.717) is 51.5 Å². The first kappa shape index (κ1) is 27.5. The summed E-state index contributed by atoms with van der Waals surface area (Å²) in [4.78, 5) is 68.1. The molecule has 5 fully saturated rings. The van der Waals surface area contributed by atoms with E-state index < -0.39 is 34.5 Å². The fourth-order valence-corrected chi connectivity index (χ4v) is 8.04. The van der Waals surface area contributed by atoms with Crippen molar-refractivity contribution in [1.29, 1.82) is 5.41 Å². The summed E-state index contributed by atoms with van der Waals surface area (Å²) in [5, 5.41) is 21.6. The third-order valence-electron chi connectivity index (χ3n) is 10.5. The van der Waals surface area contributed by atoms with Crippen molar-refractivity contribution in [3.05, 3.63) is 26.4 Å². The predicted octanol–water partition coefficient (Wildman–Crippen LogP) is 0.997. The van der Waals surface area contributed by atoms with Gasteiger partial charge in [0.05, 0.1) is 0 Å². The molecule has 2 aliphatic heterocycles. The summed E-state index contributed by atoms with van der Waals surface area (Å²) in [5.74, 6) is -1.11. The molecule has 4 amide bonds. The molecule has 13 nitrogen and oxygen atoms in total. The molecule has 2 saturated heterocycles. The average Bonchev–Trinajstić information content (AvgIpc) is 3.04. The van der Waals surface area contributed by atoms with Gasteiger partial charge in [0.25, 0.3) is 11.5 Å². The fraction of sp³-hybridized carbons (Fsp3) is 0.714. The topological polar surface area (TPSA) is 184 Å². The lowest BCUT2D eigenvalue weighted by Gasteiger charge is -2.58. The third kappa shape index (κ3) is 4.26. The van der Waals surface area contributed by atoms with Crippen LogP contribution in [0, 0.1) is 16.7 Å². The van der Waals surface area contributed by atoms with Gasteiger partial charge < -0.3 is 21.1 Å². The van der Waals surface area contributed by atoms with Crippen molar-refractivity contribution < 1.29 is 19.5 Å². The summed E-state index contributed by atoms with van der Waals surface area (Å²) in [5.41, 5.74) is 2.91. The van der Waals surface area contributed by atoms with E-state index in [-0.39, 0.29) is 47.3 Å². The second-order valence-electron chi connectivity index (χ2n) is 13.0. The van der Waals surface area contributed by atoms with Gasteiger partial charge in [0.2, 0.25) is 11.8 Å². The van der Waals surface area contributed by atoms with Crippen LogP contribution in [0.4, 0.5) is 4.79 Å². The van der Waals surface area contributed by atoms with Gasteiger partial charge in [-0.3, -0.25) is 33.8 Å². The minimum atomic E-state index is -0.923. The summed E-state index contributed by atoms with van der Waals surface area (Å²) in [6.45, 7) is 0.585. The molecule has 0 aromatic carbocycles. The highest BCUT2D eigenvalue weighted by atomic mass is 16.3. The number of carbonyl (C=O) groups is 3. The van der Waals surface area contributed by atoms with Crippen molar-refractivity contribution in [1.82, 2.24) is 24.3 Å². The van der Waals surface area contributed by atoms with Gasteiger partial charge in [-0.15, -0.1) is 0 Å². The SMILES string of the molecule is CN1C(=O)N(C[C@@H]2CCCC(=O)N2)C2(CC3(CCC(n4c(=O)c(C(=N)N)c(O)n(CC5CCC5)c4=O)CC3)C2)C1=O. The Morgan fingerprint density at radius 3 is 2.29 bits per heavy atom. The molecular formula is C28H39N7O6. The minimum Gasteiger partial charge on any atom is -0.494 e. The highest BCUT2D eigenvalue weighted by Gasteiger charge is 2.68. The van der Waals surface area contributed by atoms with E-state index in [1.165, 1.54) is 21.1 Å². The number of nitrogens with one attached hydrogen (secondary N) is 2. The molecule has 5 aliphatic rings. The highest BCUT2D eigenvalue weighted by Crippen LogP contribution is 2.62. The normalized spacial score (nSPS) is 31.9. The second kappa shape index (κ2) is 9.73. The van der Waals surface area contributed by atoms with E-state index in [2.05, 4.69) is 5.32 Å². The quantitative estimate of drug-likeness (QED) is 0.224. The molecule has 1 aromatic rings. The van der Waals surface area contributed by atoms with Crippen LogP contribution in [0.3, 0.4) is 0 Å². The van der Waals surface area contributed by atoms with Gasteiger partial charge in [-0.2, -0.15) is 0 Å². The fourth-order valence-electron chi connectivity index (χ4n) is 8.04. The number of hydrogen-bond donors (Lipinski definition) is 4. The van der Waals surface area contributed by atoms with Crippen LogP contribution in [0.25, 0.3) is 0 Å². The molecule has 1 aromatic heterocycles. The molecule has 3 heterocycles. The first-order chi connectivity index (χ1) is 19.5. The number of aromatic hydroxyl groups is 1. The molecule has 13 heteroatoms. The van der Waals surface area contributed by atoms with Crippen molar-refractivity contribution in [2.75, 3.05) is 13.6 Å². The molecule has 3 saturated carbocycles. The zero-order valence-corrected chi connectivity index (χ0v) is 23.5. The van der Waals surface area contributed by atoms with Crippen LogP contribution < -0.4 is 22.3 Å². The number of imide groups is 1. The lowest BCUT2D eigenvalue weighted by Crippen LogP contribution is -2.66. The number of nitrogens with two attached hydrogens (primary N) is 1. The first-order valence-electron chi connectivity index (χ1n) is 14.8. The highest BCUT2D eigenvalue weighted by molar-refractivity contribution is 6.07. The predicted molar refractivity (Wildman–Crippen MR) is 148 cm³/mol. The first-order valence-corrected chi connectivity index (χ1v) is 14.8. The summed E-state index contributed by atoms with van der Waals surface area (Å²) >= 11 is 0. The van der Waals surface area contributed by atoms with E-state index in [1.807, 2.05) is 0 Å². The summed E-state index contributed by atoms with van der Waals surface area (Å²) in [6, 6.07) is -0.930. The number of nitrogens with zero attached hydrogens (tertiary/aromatic N) is 4. The van der Waals surface area contributed by atoms with E-state index in [0.717, 1.165) is 32.1 Å². The number of carbonyl (C=O) groups excluding carboxylic acids is 3. The maximum Gasteiger partial charge on any atom is 0.334 e. The van der Waals surface area contributed by atoms with E-state index in [9.17, 15) is 29.1 Å². The molecule has 1 atom stereocenters. The maximum absolute atomic E-state index is 13.5. The Kier molecular flexibility index (Phi) is 6.53. The maximum atomic E-state index is 13.5. The van der Waals surface area contributed by atoms with E-state index in [4.69, 9.17) is 11.1 Å². The Balaban J connectivity index is 1.21. The Bertz CT molecular complexity index is 1430. The number of urea groups is 1. The largest absolute Gasteiger partial charge is 0.494 e. The molecule has 41 heavy (non-hydrogen) atoms. The summed E-state index contributed by atoms with van der Waals surface area (Å²) in [6.07, 6.45) is 8.33. The molecule has 6 rings (SSSR count). The van der Waals surface area contributed by atoms with Crippen molar-refractivity contribution >= 4 is 23.7 Å². The number of nitrogen functional groups attached to an aromatic ring is 1. The van der Waals surface area contributed by atoms with Crippen LogP contribution in [-0.2, 0) is 16.1 Å². The Morgan fingerprint density at radius 2 is 1.71 bits per heavy atom. The van der Waals surface area contributed by atoms with Crippen molar-refractivity contribution in [3.8, 4) is 5.88 Å². The van der Waals surface area contributed by atoms with Crippen LogP contribution in [0.2, 0.25) is 0 Å². The number of amides is 4. The zero-order chi connectivity index (χ0) is 29.3. The van der Waals surface area contributed by atoms with E-state index >= 15 is 0 Å². The third-order valence-corrected chi connectivity index (χ3v) is 10.5. The number of aromatic nitrogens is 2. The lowest BCUT2D eigenvalue weighted by atomic mass is 9.51. The van der Waals surface area contributed by atoms with Crippen molar-refractivity contribution in [2.24, 2.45) is 17.1 Å². The van der Waals surface area contributed by atoms with Gasteiger partial charge in [-0.1, -0.05) is 6.42 Å². The standard InChI is InChI=1S/C28H39N7O6/c1-32-24(39)28(34(25(32)40)13-17-6-3-7-19(36)31-17)14-27(15-28)10-8-18(9-11-27)35-23(38)20(21(29)30)22(37)33(26(35)41)12-16-4-2-5-16/h16-18,37H,2-15H2,1H3,(H3,29,30)(H,31,36)/t17-,18?,27?,28?/m0/s1. The molecule has 5 N–H and O–H groups in total. The smallest absolute Gasteiger partial charge is 0.334 e. The molecule has 2 spiro atoms. The Hall–Kier alpha value is -3.64. The molecule has 0 unspecified atom stereocenters. The van der Waals surface area contributed by atoms with Crippen molar-refractivity contribution in [3.63, 3.8) is 0 Å². The van der Waals surface area contributed by atoms with Crippen LogP contribution in [0.1, 0.15) is 88.7 Å². The summed E-state index contributed by atoms with van der Waals surface area (Å²) < 4.78 is 2.37. The Labute approximate surface area is 237 Å². The number of likely N-dealkylation sites (N-methyl/N-ethyl adjacent to an activating group) is 1. The van der Waals surface area contributed by atoms with Crippen LogP contribution in [0.15, 0.2) is 9.59 Å². The van der Waals surface area contributed by atoms with Gasteiger partial charge in [0, 0.05) is 38.6 Å². The average molecular weight is 570 g/mol. The second-order valence-corrected chi connectivity index (χ2v) is 13.0. The lowest BCUT2D eigenvalue weighted by molar-refractivity contribution is -0.150. The Morgan fingerprint density at radius 1 is 1.02 bits per heavy atom. The van der Waals surface area contributed by atoms with Crippen molar-refractivity contribution in [2.45, 2.75) is 101 Å². The molecule has 0 bridgehead atoms. The van der Waals surface area contributed by atoms with Gasteiger partial charge in [-0.25, -0.2) is 9.59 Å². The van der Waals surface area contributed by atoms with Gasteiger partial charge in [0.1, 0.15) is 16.9 Å². The number of piperidine rings is 1. The molecule has 0 radical (unpaired) electrons. The molecule has 222 valence electrons.